The van der Waals surface area contributed by atoms with Crippen LogP contribution >= 0.6 is 0 Å². The molecule has 6 nitrogen and oxygen atoms in total. The Bertz CT molecular complexity index is 575. The normalized spacial score (nSPS) is 12.9. The Hall–Kier alpha value is -2.11. The minimum Gasteiger partial charge on any atom is -0.368 e. The van der Waals surface area contributed by atoms with E-state index >= 15 is 0 Å². The first kappa shape index (κ1) is 12.3. The number of hydrogen-bond acceptors (Lipinski definition) is 4. The van der Waals surface area contributed by atoms with Crippen molar-refractivity contribution in [2.24, 2.45) is 11.7 Å². The number of hydrogen-bond donors (Lipinski definition) is 2. The van der Waals surface area contributed by atoms with Gasteiger partial charge >= 0.3 is 0 Å². The molecular weight excluding hydrogens is 230 g/mol. The molecule has 0 radical (unpaired) electrons. The first-order valence-corrected chi connectivity index (χ1v) is 5.87. The fraction of sp³-hybridized carbons (Fsp3) is 0.417. The van der Waals surface area contributed by atoms with Gasteiger partial charge in [0.2, 0.25) is 11.9 Å². The van der Waals surface area contributed by atoms with E-state index in [0.717, 1.165) is 11.2 Å². The van der Waals surface area contributed by atoms with Crippen LogP contribution in [-0.2, 0) is 4.79 Å². The SMILES string of the molecule is Cc1cccn2nc(NC(C(N)=O)C(C)C)nc12. The van der Waals surface area contributed by atoms with Gasteiger partial charge in [-0.1, -0.05) is 19.9 Å². The molecular formula is C12H17N5O. The van der Waals surface area contributed by atoms with Crippen LogP contribution in [0, 0.1) is 12.8 Å². The van der Waals surface area contributed by atoms with Crippen LogP contribution < -0.4 is 11.1 Å². The van der Waals surface area contributed by atoms with Gasteiger partial charge in [0.15, 0.2) is 5.65 Å². The summed E-state index contributed by atoms with van der Waals surface area (Å²) < 4.78 is 1.68. The van der Waals surface area contributed by atoms with E-state index in [4.69, 9.17) is 5.73 Å². The van der Waals surface area contributed by atoms with Crippen molar-refractivity contribution in [3.63, 3.8) is 0 Å². The summed E-state index contributed by atoms with van der Waals surface area (Å²) in [6, 6.07) is 3.39. The van der Waals surface area contributed by atoms with Gasteiger partial charge in [0.25, 0.3) is 0 Å². The van der Waals surface area contributed by atoms with Crippen molar-refractivity contribution in [2.45, 2.75) is 26.8 Å². The van der Waals surface area contributed by atoms with E-state index in [1.165, 1.54) is 0 Å². The molecule has 6 heteroatoms. The summed E-state index contributed by atoms with van der Waals surface area (Å²) in [7, 11) is 0. The summed E-state index contributed by atoms with van der Waals surface area (Å²) in [6.45, 7) is 5.80. The topological polar surface area (TPSA) is 85.3 Å². The highest BCUT2D eigenvalue weighted by atomic mass is 16.1. The number of nitrogens with two attached hydrogens (primary N) is 1. The molecule has 0 aromatic carbocycles. The van der Waals surface area contributed by atoms with Gasteiger partial charge in [-0.15, -0.1) is 5.10 Å². The number of aryl methyl sites for hydroxylation is 1. The van der Waals surface area contributed by atoms with E-state index in [9.17, 15) is 4.79 Å². The van der Waals surface area contributed by atoms with Gasteiger partial charge in [-0.05, 0) is 24.5 Å². The Labute approximate surface area is 105 Å². The van der Waals surface area contributed by atoms with E-state index < -0.39 is 11.9 Å². The van der Waals surface area contributed by atoms with Crippen molar-refractivity contribution in [3.8, 4) is 0 Å². The summed E-state index contributed by atoms with van der Waals surface area (Å²) in [5, 5.41) is 7.24. The van der Waals surface area contributed by atoms with Crippen LogP contribution in [0.1, 0.15) is 19.4 Å². The number of carbonyl (C=O) groups excluding carboxylic acids is 1. The predicted molar refractivity (Wildman–Crippen MR) is 69.2 cm³/mol. The summed E-state index contributed by atoms with van der Waals surface area (Å²) in [6.07, 6.45) is 1.81. The van der Waals surface area contributed by atoms with E-state index in [1.807, 2.05) is 39.1 Å². The van der Waals surface area contributed by atoms with Crippen LogP contribution in [0.25, 0.3) is 5.65 Å². The highest BCUT2D eigenvalue weighted by Crippen LogP contribution is 2.12. The zero-order valence-electron chi connectivity index (χ0n) is 10.7. The second kappa shape index (κ2) is 4.64. The summed E-state index contributed by atoms with van der Waals surface area (Å²) in [4.78, 5) is 15.7. The van der Waals surface area contributed by atoms with E-state index in [1.54, 1.807) is 4.52 Å². The number of aromatic nitrogens is 3. The van der Waals surface area contributed by atoms with Crippen molar-refractivity contribution < 1.29 is 4.79 Å². The number of anilines is 1. The Balaban J connectivity index is 2.32. The molecule has 2 rings (SSSR count). The highest BCUT2D eigenvalue weighted by molar-refractivity contribution is 5.82. The first-order chi connectivity index (χ1) is 8.49. The Morgan fingerprint density at radius 1 is 1.50 bits per heavy atom. The average molecular weight is 247 g/mol. The maximum Gasteiger partial charge on any atom is 0.243 e. The molecule has 0 saturated heterocycles. The molecule has 0 aliphatic heterocycles. The summed E-state index contributed by atoms with van der Waals surface area (Å²) in [5.41, 5.74) is 7.14. The molecule has 2 aromatic rings. The van der Waals surface area contributed by atoms with Crippen molar-refractivity contribution in [1.29, 1.82) is 0 Å². The minimum absolute atomic E-state index is 0.0789. The Kier molecular flexibility index (Phi) is 3.18. The van der Waals surface area contributed by atoms with Crippen molar-refractivity contribution in [1.82, 2.24) is 14.6 Å². The van der Waals surface area contributed by atoms with Gasteiger partial charge in [0.05, 0.1) is 0 Å². The molecule has 0 saturated carbocycles. The third-order valence-corrected chi connectivity index (χ3v) is 2.82. The number of pyridine rings is 1. The Morgan fingerprint density at radius 3 is 2.78 bits per heavy atom. The zero-order chi connectivity index (χ0) is 13.3. The summed E-state index contributed by atoms with van der Waals surface area (Å²) >= 11 is 0. The highest BCUT2D eigenvalue weighted by Gasteiger charge is 2.21. The fourth-order valence-electron chi connectivity index (χ4n) is 1.81. The lowest BCUT2D eigenvalue weighted by atomic mass is 10.0. The van der Waals surface area contributed by atoms with Gasteiger partial charge in [-0.25, -0.2) is 4.52 Å². The monoisotopic (exact) mass is 247 g/mol. The van der Waals surface area contributed by atoms with Crippen molar-refractivity contribution in [2.75, 3.05) is 5.32 Å². The molecule has 0 bridgehead atoms. The third-order valence-electron chi connectivity index (χ3n) is 2.82. The van der Waals surface area contributed by atoms with E-state index in [-0.39, 0.29) is 5.92 Å². The molecule has 0 aliphatic rings. The lowest BCUT2D eigenvalue weighted by Gasteiger charge is -2.17. The van der Waals surface area contributed by atoms with E-state index in [2.05, 4.69) is 15.4 Å². The van der Waals surface area contributed by atoms with Crippen LogP contribution in [0.2, 0.25) is 0 Å². The molecule has 0 spiro atoms. The molecule has 1 amide bonds. The maximum absolute atomic E-state index is 11.3. The van der Waals surface area contributed by atoms with Crippen molar-refractivity contribution in [3.05, 3.63) is 23.9 Å². The molecule has 96 valence electrons. The summed E-state index contributed by atoms with van der Waals surface area (Å²) in [5.74, 6) is 0.0950. The maximum atomic E-state index is 11.3. The van der Waals surface area contributed by atoms with Crippen molar-refractivity contribution >= 4 is 17.5 Å². The first-order valence-electron chi connectivity index (χ1n) is 5.87. The second-order valence-corrected chi connectivity index (χ2v) is 4.66. The van der Waals surface area contributed by atoms with Gasteiger partial charge < -0.3 is 11.1 Å². The van der Waals surface area contributed by atoms with Crippen LogP contribution in [-0.4, -0.2) is 26.5 Å². The third kappa shape index (κ3) is 2.27. The average Bonchev–Trinajstić information content (AvgIpc) is 2.69. The molecule has 0 fully saturated rings. The van der Waals surface area contributed by atoms with Crippen LogP contribution in [0.4, 0.5) is 5.95 Å². The lowest BCUT2D eigenvalue weighted by molar-refractivity contribution is -0.119. The number of amides is 1. The molecule has 18 heavy (non-hydrogen) atoms. The number of fused-ring (bicyclic) bond motifs is 1. The minimum atomic E-state index is -0.470. The van der Waals surface area contributed by atoms with E-state index in [0.29, 0.717) is 5.95 Å². The molecule has 1 atom stereocenters. The fourth-order valence-corrected chi connectivity index (χ4v) is 1.81. The largest absolute Gasteiger partial charge is 0.368 e. The molecule has 1 unspecified atom stereocenters. The molecule has 2 heterocycles. The van der Waals surface area contributed by atoms with Gasteiger partial charge in [0, 0.05) is 6.20 Å². The van der Waals surface area contributed by atoms with Gasteiger partial charge in [0.1, 0.15) is 6.04 Å². The smallest absolute Gasteiger partial charge is 0.243 e. The quantitative estimate of drug-likeness (QED) is 0.842. The zero-order valence-corrected chi connectivity index (χ0v) is 10.7. The molecule has 2 aromatic heterocycles. The van der Waals surface area contributed by atoms with Crippen LogP contribution in [0.3, 0.4) is 0 Å². The standard InChI is InChI=1S/C12H17N5O/c1-7(2)9(10(13)18)14-12-15-11-8(3)5-4-6-17(11)16-12/h4-7,9H,1-3H3,(H2,13,18)(H,14,16). The number of nitrogens with one attached hydrogen (secondary N) is 1. The number of primary amides is 1. The Morgan fingerprint density at radius 2 is 2.22 bits per heavy atom. The molecule has 0 aliphatic carbocycles. The van der Waals surface area contributed by atoms with Gasteiger partial charge in [-0.2, -0.15) is 4.98 Å². The van der Waals surface area contributed by atoms with Gasteiger partial charge in [-0.3, -0.25) is 4.79 Å². The lowest BCUT2D eigenvalue weighted by Crippen LogP contribution is -2.39. The van der Waals surface area contributed by atoms with Crippen LogP contribution in [0.15, 0.2) is 18.3 Å². The number of carbonyl (C=O) groups is 1. The second-order valence-electron chi connectivity index (χ2n) is 4.66. The van der Waals surface area contributed by atoms with Crippen LogP contribution in [0.5, 0.6) is 0 Å². The number of nitrogens with zero attached hydrogens (tertiary/aromatic N) is 3. The predicted octanol–water partition coefficient (Wildman–Crippen LogP) is 0.960. The molecule has 3 N–H and O–H groups in total. The number of rotatable bonds is 4.